The highest BCUT2D eigenvalue weighted by Crippen LogP contribution is 2.22. The standard InChI is InChI=1S/C21H20N2O2S/c1-2-17-8-11-20(12-9-17)26(24,25)23-21-6-4-3-5-19(21)10-7-18-13-15-22-16-14-18/h3-16,23H,2H2,1H3/b10-7+. The SMILES string of the molecule is CCc1ccc(S(=O)(=O)Nc2ccccc2/C=C/c2ccncc2)cc1. The highest BCUT2D eigenvalue weighted by atomic mass is 32.2. The molecule has 26 heavy (non-hydrogen) atoms. The number of sulfonamides is 1. The number of nitrogens with zero attached hydrogens (tertiary/aromatic N) is 1. The molecule has 3 aromatic rings. The van der Waals surface area contributed by atoms with Gasteiger partial charge in [0.05, 0.1) is 10.6 Å². The first kappa shape index (κ1) is 17.9. The molecule has 1 heterocycles. The van der Waals surface area contributed by atoms with Gasteiger partial charge in [0.25, 0.3) is 10.0 Å². The maximum Gasteiger partial charge on any atom is 0.261 e. The summed E-state index contributed by atoms with van der Waals surface area (Å²) in [6.07, 6.45) is 8.11. The van der Waals surface area contributed by atoms with Crippen LogP contribution in [-0.2, 0) is 16.4 Å². The second kappa shape index (κ2) is 7.97. The van der Waals surface area contributed by atoms with Crippen molar-refractivity contribution in [2.24, 2.45) is 0 Å². The van der Waals surface area contributed by atoms with Crippen molar-refractivity contribution in [2.75, 3.05) is 4.72 Å². The lowest BCUT2D eigenvalue weighted by atomic mass is 10.1. The van der Waals surface area contributed by atoms with Gasteiger partial charge in [0.15, 0.2) is 0 Å². The molecule has 0 spiro atoms. The number of benzene rings is 2. The Morgan fingerprint density at radius 1 is 0.923 bits per heavy atom. The average Bonchev–Trinajstić information content (AvgIpc) is 2.68. The van der Waals surface area contributed by atoms with Gasteiger partial charge in [0.1, 0.15) is 0 Å². The zero-order valence-corrected chi connectivity index (χ0v) is 15.3. The average molecular weight is 364 g/mol. The zero-order valence-electron chi connectivity index (χ0n) is 14.5. The van der Waals surface area contributed by atoms with E-state index in [0.29, 0.717) is 5.69 Å². The fraction of sp³-hybridized carbons (Fsp3) is 0.0952. The van der Waals surface area contributed by atoms with Crippen molar-refractivity contribution >= 4 is 27.9 Å². The fourth-order valence-corrected chi connectivity index (χ4v) is 3.59. The van der Waals surface area contributed by atoms with Gasteiger partial charge < -0.3 is 0 Å². The maximum absolute atomic E-state index is 12.7. The van der Waals surface area contributed by atoms with Gasteiger partial charge in [-0.1, -0.05) is 49.4 Å². The summed E-state index contributed by atoms with van der Waals surface area (Å²) in [5.74, 6) is 0. The Kier molecular flexibility index (Phi) is 5.49. The smallest absolute Gasteiger partial charge is 0.261 e. The van der Waals surface area contributed by atoms with Crippen molar-refractivity contribution < 1.29 is 8.42 Å². The monoisotopic (exact) mass is 364 g/mol. The molecule has 0 saturated carbocycles. The molecular weight excluding hydrogens is 344 g/mol. The molecule has 1 aromatic heterocycles. The van der Waals surface area contributed by atoms with Crippen LogP contribution in [0.1, 0.15) is 23.6 Å². The lowest BCUT2D eigenvalue weighted by molar-refractivity contribution is 0.601. The Labute approximate surface area is 154 Å². The number of anilines is 1. The van der Waals surface area contributed by atoms with Gasteiger partial charge in [-0.3, -0.25) is 9.71 Å². The van der Waals surface area contributed by atoms with E-state index in [2.05, 4.69) is 9.71 Å². The quantitative estimate of drug-likeness (QED) is 0.694. The highest BCUT2D eigenvalue weighted by molar-refractivity contribution is 7.92. The number of pyridine rings is 1. The lowest BCUT2D eigenvalue weighted by Crippen LogP contribution is -2.13. The van der Waals surface area contributed by atoms with Crippen LogP contribution in [-0.4, -0.2) is 13.4 Å². The highest BCUT2D eigenvalue weighted by Gasteiger charge is 2.15. The van der Waals surface area contributed by atoms with Crippen LogP contribution in [0.3, 0.4) is 0 Å². The van der Waals surface area contributed by atoms with Crippen molar-refractivity contribution in [1.82, 2.24) is 4.98 Å². The molecule has 0 aliphatic rings. The summed E-state index contributed by atoms with van der Waals surface area (Å²) in [5, 5.41) is 0. The predicted molar refractivity (Wildman–Crippen MR) is 106 cm³/mol. The van der Waals surface area contributed by atoms with E-state index in [1.165, 1.54) is 0 Å². The third kappa shape index (κ3) is 4.37. The normalized spacial score (nSPS) is 11.6. The summed E-state index contributed by atoms with van der Waals surface area (Å²) in [6.45, 7) is 2.03. The molecule has 0 aliphatic carbocycles. The van der Waals surface area contributed by atoms with E-state index in [9.17, 15) is 8.42 Å². The summed E-state index contributed by atoms with van der Waals surface area (Å²) in [6, 6.07) is 18.0. The van der Waals surface area contributed by atoms with Crippen LogP contribution in [0.2, 0.25) is 0 Å². The fourth-order valence-electron chi connectivity index (χ4n) is 2.50. The van der Waals surface area contributed by atoms with E-state index < -0.39 is 10.0 Å². The number of aromatic nitrogens is 1. The molecule has 3 rings (SSSR count). The summed E-state index contributed by atoms with van der Waals surface area (Å²) < 4.78 is 28.1. The number of hydrogen-bond acceptors (Lipinski definition) is 3. The Hall–Kier alpha value is -2.92. The second-order valence-corrected chi connectivity index (χ2v) is 7.49. The van der Waals surface area contributed by atoms with E-state index in [-0.39, 0.29) is 4.90 Å². The Morgan fingerprint density at radius 3 is 2.31 bits per heavy atom. The van der Waals surface area contributed by atoms with Gasteiger partial charge in [-0.2, -0.15) is 0 Å². The molecule has 0 aliphatic heterocycles. The zero-order chi connectivity index (χ0) is 18.4. The predicted octanol–water partition coefficient (Wildman–Crippen LogP) is 4.62. The van der Waals surface area contributed by atoms with Crippen molar-refractivity contribution in [3.63, 3.8) is 0 Å². The molecule has 0 fully saturated rings. The van der Waals surface area contributed by atoms with Crippen LogP contribution in [0.4, 0.5) is 5.69 Å². The maximum atomic E-state index is 12.7. The lowest BCUT2D eigenvalue weighted by Gasteiger charge is -2.11. The first-order chi connectivity index (χ1) is 12.6. The topological polar surface area (TPSA) is 59.1 Å². The first-order valence-corrected chi connectivity index (χ1v) is 9.86. The second-order valence-electron chi connectivity index (χ2n) is 5.80. The number of aryl methyl sites for hydroxylation is 1. The Bertz CT molecular complexity index is 996. The van der Waals surface area contributed by atoms with E-state index in [1.807, 2.05) is 61.5 Å². The van der Waals surface area contributed by atoms with Crippen LogP contribution in [0.15, 0.2) is 78.0 Å². The molecule has 2 aromatic carbocycles. The van der Waals surface area contributed by atoms with Crippen LogP contribution >= 0.6 is 0 Å². The van der Waals surface area contributed by atoms with E-state index in [0.717, 1.165) is 23.1 Å². The van der Waals surface area contributed by atoms with Gasteiger partial charge >= 0.3 is 0 Å². The van der Waals surface area contributed by atoms with Gasteiger partial charge in [-0.05, 0) is 53.4 Å². The van der Waals surface area contributed by atoms with E-state index in [1.54, 1.807) is 30.6 Å². The van der Waals surface area contributed by atoms with Gasteiger partial charge in [0, 0.05) is 12.4 Å². The van der Waals surface area contributed by atoms with Crippen LogP contribution in [0, 0.1) is 0 Å². The van der Waals surface area contributed by atoms with Gasteiger partial charge in [-0.15, -0.1) is 0 Å². The molecule has 0 unspecified atom stereocenters. The van der Waals surface area contributed by atoms with Crippen molar-refractivity contribution in [3.05, 3.63) is 89.7 Å². The summed E-state index contributed by atoms with van der Waals surface area (Å²) in [5.41, 5.74) is 3.42. The van der Waals surface area contributed by atoms with Crippen LogP contribution in [0.25, 0.3) is 12.2 Å². The number of rotatable bonds is 6. The summed E-state index contributed by atoms with van der Waals surface area (Å²) >= 11 is 0. The van der Waals surface area contributed by atoms with Crippen LogP contribution < -0.4 is 4.72 Å². The molecule has 4 nitrogen and oxygen atoms in total. The minimum absolute atomic E-state index is 0.252. The molecule has 0 amide bonds. The minimum atomic E-state index is -3.64. The van der Waals surface area contributed by atoms with E-state index >= 15 is 0 Å². The van der Waals surface area contributed by atoms with Gasteiger partial charge in [-0.25, -0.2) is 8.42 Å². The Balaban J connectivity index is 1.86. The molecule has 5 heteroatoms. The molecule has 1 N–H and O–H groups in total. The van der Waals surface area contributed by atoms with Crippen molar-refractivity contribution in [3.8, 4) is 0 Å². The first-order valence-electron chi connectivity index (χ1n) is 8.37. The molecule has 132 valence electrons. The van der Waals surface area contributed by atoms with E-state index in [4.69, 9.17) is 0 Å². The van der Waals surface area contributed by atoms with Gasteiger partial charge in [0.2, 0.25) is 0 Å². The molecule has 0 saturated heterocycles. The molecule has 0 atom stereocenters. The third-order valence-corrected chi connectivity index (χ3v) is 5.39. The van der Waals surface area contributed by atoms with Crippen molar-refractivity contribution in [1.29, 1.82) is 0 Å². The Morgan fingerprint density at radius 2 is 1.62 bits per heavy atom. The summed E-state index contributed by atoms with van der Waals surface area (Å²) in [7, 11) is -3.64. The number of hydrogen-bond donors (Lipinski definition) is 1. The summed E-state index contributed by atoms with van der Waals surface area (Å²) in [4.78, 5) is 4.24. The third-order valence-electron chi connectivity index (χ3n) is 4.01. The van der Waals surface area contributed by atoms with Crippen LogP contribution in [0.5, 0.6) is 0 Å². The van der Waals surface area contributed by atoms with Crippen molar-refractivity contribution in [2.45, 2.75) is 18.2 Å². The molecule has 0 bridgehead atoms. The largest absolute Gasteiger partial charge is 0.279 e. The number of nitrogens with one attached hydrogen (secondary N) is 1. The number of para-hydroxylation sites is 1. The molecule has 0 radical (unpaired) electrons. The molecular formula is C21H20N2O2S. The minimum Gasteiger partial charge on any atom is -0.279 e.